The molecule has 0 saturated heterocycles. The first kappa shape index (κ1) is 20.3. The molecule has 3 aromatic rings. The number of aryl methyl sites for hydroxylation is 1. The second-order valence-corrected chi connectivity index (χ2v) is 7.74. The smallest absolute Gasteiger partial charge is 0.342 e. The van der Waals surface area contributed by atoms with Crippen molar-refractivity contribution in [2.75, 3.05) is 11.9 Å². The molecule has 0 bridgehead atoms. The highest BCUT2D eigenvalue weighted by molar-refractivity contribution is 5.96. The fraction of sp³-hybridized carbons (Fsp3) is 0.333. The lowest BCUT2D eigenvalue weighted by atomic mass is 9.92. The molecule has 0 aliphatic rings. The maximum absolute atomic E-state index is 12.5. The number of hydrogen-bond donors (Lipinski definition) is 1. The number of esters is 1. The Kier molecular flexibility index (Phi) is 5.54. The standard InChI is InChI=1S/C21H24N4O4/c1-13-19(14(2)25(23-13)15-9-7-6-8-10-15)20(27)28-12-17(26)22-18-11-16(24-29-18)21(3,4)5/h6-11H,12H2,1-5H3,(H,22,26). The molecule has 2 aromatic heterocycles. The third kappa shape index (κ3) is 4.53. The van der Waals surface area contributed by atoms with Gasteiger partial charge in [-0.1, -0.05) is 44.1 Å². The van der Waals surface area contributed by atoms with E-state index in [0.29, 0.717) is 22.6 Å². The molecule has 1 N–H and O–H groups in total. The van der Waals surface area contributed by atoms with E-state index in [9.17, 15) is 9.59 Å². The molecule has 0 aliphatic heterocycles. The van der Waals surface area contributed by atoms with E-state index >= 15 is 0 Å². The minimum Gasteiger partial charge on any atom is -0.452 e. The maximum Gasteiger partial charge on any atom is 0.342 e. The molecule has 0 spiro atoms. The molecular formula is C21H24N4O4. The fourth-order valence-corrected chi connectivity index (χ4v) is 2.82. The topological polar surface area (TPSA) is 99.2 Å². The molecule has 8 nitrogen and oxygen atoms in total. The van der Waals surface area contributed by atoms with Gasteiger partial charge in [0.1, 0.15) is 5.56 Å². The Morgan fingerprint density at radius 3 is 2.48 bits per heavy atom. The Bertz CT molecular complexity index is 1030. The minimum absolute atomic E-state index is 0.201. The zero-order chi connectivity index (χ0) is 21.2. The predicted octanol–water partition coefficient (Wildman–Crippen LogP) is 3.57. The van der Waals surface area contributed by atoms with Gasteiger partial charge in [-0.25, -0.2) is 9.48 Å². The number of amides is 1. The van der Waals surface area contributed by atoms with Gasteiger partial charge < -0.3 is 9.26 Å². The number of rotatable bonds is 5. The van der Waals surface area contributed by atoms with E-state index in [1.54, 1.807) is 24.6 Å². The first-order valence-corrected chi connectivity index (χ1v) is 9.22. The van der Waals surface area contributed by atoms with Crippen LogP contribution in [0.15, 0.2) is 40.9 Å². The van der Waals surface area contributed by atoms with Gasteiger partial charge in [-0.3, -0.25) is 10.1 Å². The Labute approximate surface area is 168 Å². The summed E-state index contributed by atoms with van der Waals surface area (Å²) in [6.45, 7) is 9.02. The summed E-state index contributed by atoms with van der Waals surface area (Å²) in [6, 6.07) is 11.1. The van der Waals surface area contributed by atoms with Crippen molar-refractivity contribution in [3.63, 3.8) is 0 Å². The minimum atomic E-state index is -0.606. The normalized spacial score (nSPS) is 11.3. The van der Waals surface area contributed by atoms with Crippen LogP contribution in [0.1, 0.15) is 48.2 Å². The molecule has 8 heteroatoms. The monoisotopic (exact) mass is 396 g/mol. The molecule has 1 amide bonds. The zero-order valence-electron chi connectivity index (χ0n) is 17.1. The molecule has 0 aliphatic carbocycles. The summed E-state index contributed by atoms with van der Waals surface area (Å²) in [5, 5.41) is 10.9. The van der Waals surface area contributed by atoms with Crippen LogP contribution in [0.5, 0.6) is 0 Å². The summed E-state index contributed by atoms with van der Waals surface area (Å²) in [7, 11) is 0. The molecule has 29 heavy (non-hydrogen) atoms. The van der Waals surface area contributed by atoms with Crippen LogP contribution in [-0.4, -0.2) is 33.4 Å². The van der Waals surface area contributed by atoms with Crippen LogP contribution >= 0.6 is 0 Å². The van der Waals surface area contributed by atoms with Crippen molar-refractivity contribution in [2.45, 2.75) is 40.0 Å². The van der Waals surface area contributed by atoms with E-state index < -0.39 is 18.5 Å². The van der Waals surface area contributed by atoms with Crippen LogP contribution < -0.4 is 5.32 Å². The third-order valence-corrected chi connectivity index (χ3v) is 4.37. The van der Waals surface area contributed by atoms with Crippen LogP contribution in [-0.2, 0) is 14.9 Å². The van der Waals surface area contributed by atoms with Gasteiger partial charge in [0.2, 0.25) is 5.88 Å². The van der Waals surface area contributed by atoms with E-state index in [4.69, 9.17) is 9.26 Å². The second-order valence-electron chi connectivity index (χ2n) is 7.74. The number of nitrogens with zero attached hydrogens (tertiary/aromatic N) is 3. The van der Waals surface area contributed by atoms with Gasteiger partial charge in [-0.15, -0.1) is 0 Å². The van der Waals surface area contributed by atoms with Crippen LogP contribution in [0.4, 0.5) is 5.88 Å². The highest BCUT2D eigenvalue weighted by atomic mass is 16.5. The summed E-state index contributed by atoms with van der Waals surface area (Å²) in [6.07, 6.45) is 0. The summed E-state index contributed by atoms with van der Waals surface area (Å²) in [5.74, 6) is -0.911. The molecule has 152 valence electrons. The number of anilines is 1. The Balaban J connectivity index is 1.64. The largest absolute Gasteiger partial charge is 0.452 e. The lowest BCUT2D eigenvalue weighted by Crippen LogP contribution is -2.21. The van der Waals surface area contributed by atoms with Gasteiger partial charge in [0.25, 0.3) is 5.91 Å². The average molecular weight is 396 g/mol. The summed E-state index contributed by atoms with van der Waals surface area (Å²) >= 11 is 0. The second kappa shape index (κ2) is 7.90. The number of hydrogen-bond acceptors (Lipinski definition) is 6. The van der Waals surface area contributed by atoms with Crippen molar-refractivity contribution < 1.29 is 18.8 Å². The summed E-state index contributed by atoms with van der Waals surface area (Å²) in [4.78, 5) is 24.6. The Morgan fingerprint density at radius 2 is 1.86 bits per heavy atom. The zero-order valence-corrected chi connectivity index (χ0v) is 17.1. The maximum atomic E-state index is 12.5. The molecule has 0 atom stereocenters. The highest BCUT2D eigenvalue weighted by Crippen LogP contribution is 2.23. The SMILES string of the molecule is Cc1nn(-c2ccccc2)c(C)c1C(=O)OCC(=O)Nc1cc(C(C)(C)C)no1. The molecule has 0 unspecified atom stereocenters. The van der Waals surface area contributed by atoms with Crippen LogP contribution in [0.2, 0.25) is 0 Å². The number of benzene rings is 1. The summed E-state index contributed by atoms with van der Waals surface area (Å²) in [5.41, 5.74) is 2.86. The molecule has 0 fully saturated rings. The van der Waals surface area contributed by atoms with Crippen LogP contribution in [0, 0.1) is 13.8 Å². The molecule has 1 aromatic carbocycles. The van der Waals surface area contributed by atoms with Gasteiger partial charge in [-0.05, 0) is 26.0 Å². The Morgan fingerprint density at radius 1 is 1.17 bits per heavy atom. The van der Waals surface area contributed by atoms with E-state index in [-0.39, 0.29) is 11.3 Å². The van der Waals surface area contributed by atoms with Gasteiger partial charge in [-0.2, -0.15) is 5.10 Å². The number of ether oxygens (including phenoxy) is 1. The Hall–Kier alpha value is -3.42. The van der Waals surface area contributed by atoms with Gasteiger partial charge in [0.15, 0.2) is 6.61 Å². The van der Waals surface area contributed by atoms with Gasteiger partial charge >= 0.3 is 5.97 Å². The van der Waals surface area contributed by atoms with Gasteiger partial charge in [0, 0.05) is 11.5 Å². The highest BCUT2D eigenvalue weighted by Gasteiger charge is 2.23. The lowest BCUT2D eigenvalue weighted by Gasteiger charge is -2.12. The average Bonchev–Trinajstić information content (AvgIpc) is 3.25. The van der Waals surface area contributed by atoms with Crippen molar-refractivity contribution in [2.24, 2.45) is 0 Å². The third-order valence-electron chi connectivity index (χ3n) is 4.37. The molecular weight excluding hydrogens is 372 g/mol. The van der Waals surface area contributed by atoms with Crippen molar-refractivity contribution >= 4 is 17.8 Å². The first-order valence-electron chi connectivity index (χ1n) is 9.22. The van der Waals surface area contributed by atoms with E-state index in [2.05, 4.69) is 15.6 Å². The summed E-state index contributed by atoms with van der Waals surface area (Å²) < 4.78 is 12.0. The van der Waals surface area contributed by atoms with E-state index in [0.717, 1.165) is 5.69 Å². The van der Waals surface area contributed by atoms with Crippen molar-refractivity contribution in [3.05, 3.63) is 59.0 Å². The molecule has 0 radical (unpaired) electrons. The fourth-order valence-electron chi connectivity index (χ4n) is 2.82. The van der Waals surface area contributed by atoms with Crippen LogP contribution in [0.25, 0.3) is 5.69 Å². The molecule has 3 rings (SSSR count). The van der Waals surface area contributed by atoms with E-state index in [1.165, 1.54) is 0 Å². The number of carbonyl (C=O) groups is 2. The lowest BCUT2D eigenvalue weighted by molar-refractivity contribution is -0.119. The van der Waals surface area contributed by atoms with Crippen LogP contribution in [0.3, 0.4) is 0 Å². The van der Waals surface area contributed by atoms with Crippen molar-refractivity contribution in [1.29, 1.82) is 0 Å². The van der Waals surface area contributed by atoms with Crippen molar-refractivity contribution in [3.8, 4) is 5.69 Å². The quantitative estimate of drug-likeness (QED) is 0.662. The molecule has 2 heterocycles. The predicted molar refractivity (Wildman–Crippen MR) is 107 cm³/mol. The van der Waals surface area contributed by atoms with E-state index in [1.807, 2.05) is 51.1 Å². The van der Waals surface area contributed by atoms with Crippen molar-refractivity contribution in [1.82, 2.24) is 14.9 Å². The number of nitrogens with one attached hydrogen (secondary N) is 1. The number of carbonyl (C=O) groups excluding carboxylic acids is 2. The molecule has 0 saturated carbocycles. The number of aromatic nitrogens is 3. The number of para-hydroxylation sites is 1. The first-order chi connectivity index (χ1) is 13.7. The van der Waals surface area contributed by atoms with Gasteiger partial charge in [0.05, 0.1) is 22.8 Å².